The maximum Gasteiger partial charge on any atom is 0.241 e. The fraction of sp³-hybridized carbons (Fsp3) is 0.300. The zero-order valence-electron chi connectivity index (χ0n) is 15.5. The molecule has 1 aromatic carbocycles. The second kappa shape index (κ2) is 9.39. The number of halogens is 1. The molecule has 3 rings (SSSR count). The van der Waals surface area contributed by atoms with Crippen LogP contribution in [0.3, 0.4) is 0 Å². The summed E-state index contributed by atoms with van der Waals surface area (Å²) in [5, 5.41) is 2.85. The quantitative estimate of drug-likeness (QED) is 0.647. The monoisotopic (exact) mass is 388 g/mol. The highest BCUT2D eigenvalue weighted by Crippen LogP contribution is 2.19. The standard InChI is InChI=1S/C20H24N4O2.ClH/c1-3-14(2)19(21)20(25)23-15-7-6-8-17(11-15)26-13-16-12-24-10-5-4-9-18(24)22-16;/h4-12,14,19H,3,13,21H2,1-2H3,(H,23,25);1H. The van der Waals surface area contributed by atoms with Crippen molar-refractivity contribution in [3.8, 4) is 5.75 Å². The minimum atomic E-state index is -0.525. The molecule has 1 amide bonds. The van der Waals surface area contributed by atoms with Crippen molar-refractivity contribution >= 4 is 29.6 Å². The Morgan fingerprint density at radius 2 is 2.11 bits per heavy atom. The lowest BCUT2D eigenvalue weighted by Crippen LogP contribution is -2.40. The summed E-state index contributed by atoms with van der Waals surface area (Å²) in [5.74, 6) is 0.610. The third-order valence-electron chi connectivity index (χ3n) is 4.46. The molecule has 2 unspecified atom stereocenters. The molecular formula is C20H25ClN4O2. The van der Waals surface area contributed by atoms with Crippen molar-refractivity contribution in [1.82, 2.24) is 9.38 Å². The van der Waals surface area contributed by atoms with Crippen molar-refractivity contribution in [1.29, 1.82) is 0 Å². The van der Waals surface area contributed by atoms with Crippen molar-refractivity contribution in [3.05, 3.63) is 60.6 Å². The molecule has 0 saturated heterocycles. The van der Waals surface area contributed by atoms with Crippen molar-refractivity contribution in [2.75, 3.05) is 5.32 Å². The first kappa shape index (κ1) is 20.7. The number of nitrogens with two attached hydrogens (primary N) is 1. The van der Waals surface area contributed by atoms with Gasteiger partial charge in [-0.05, 0) is 30.2 Å². The van der Waals surface area contributed by atoms with E-state index >= 15 is 0 Å². The van der Waals surface area contributed by atoms with Gasteiger partial charge in [-0.25, -0.2) is 4.98 Å². The predicted molar refractivity (Wildman–Crippen MR) is 109 cm³/mol. The van der Waals surface area contributed by atoms with Crippen LogP contribution in [0.25, 0.3) is 5.65 Å². The summed E-state index contributed by atoms with van der Waals surface area (Å²) < 4.78 is 7.76. The molecule has 2 heterocycles. The van der Waals surface area contributed by atoms with E-state index in [-0.39, 0.29) is 24.2 Å². The highest BCUT2D eigenvalue weighted by Gasteiger charge is 2.19. The van der Waals surface area contributed by atoms with Crippen molar-refractivity contribution in [2.24, 2.45) is 11.7 Å². The van der Waals surface area contributed by atoms with Gasteiger partial charge in [0.25, 0.3) is 0 Å². The van der Waals surface area contributed by atoms with E-state index in [0.717, 1.165) is 17.8 Å². The Hall–Kier alpha value is -2.57. The summed E-state index contributed by atoms with van der Waals surface area (Å²) in [7, 11) is 0. The lowest BCUT2D eigenvalue weighted by Gasteiger charge is -2.18. The van der Waals surface area contributed by atoms with Crippen LogP contribution < -0.4 is 15.8 Å². The van der Waals surface area contributed by atoms with E-state index in [2.05, 4.69) is 10.3 Å². The smallest absolute Gasteiger partial charge is 0.241 e. The maximum absolute atomic E-state index is 12.2. The third kappa shape index (κ3) is 5.21. The molecular weight excluding hydrogens is 364 g/mol. The highest BCUT2D eigenvalue weighted by molar-refractivity contribution is 5.95. The number of carbonyl (C=O) groups is 1. The average Bonchev–Trinajstić information content (AvgIpc) is 3.08. The molecule has 144 valence electrons. The number of hydrogen-bond donors (Lipinski definition) is 2. The second-order valence-corrected chi connectivity index (χ2v) is 6.42. The average molecular weight is 389 g/mol. The molecule has 7 heteroatoms. The molecule has 2 aromatic heterocycles. The number of imidazole rings is 1. The number of anilines is 1. The molecule has 0 aliphatic heterocycles. The van der Waals surface area contributed by atoms with Gasteiger partial charge in [0.05, 0.1) is 11.7 Å². The van der Waals surface area contributed by atoms with Gasteiger partial charge in [-0.3, -0.25) is 4.79 Å². The summed E-state index contributed by atoms with van der Waals surface area (Å²) in [6.45, 7) is 4.34. The van der Waals surface area contributed by atoms with Crippen LogP contribution in [0.4, 0.5) is 5.69 Å². The number of aromatic nitrogens is 2. The topological polar surface area (TPSA) is 81.7 Å². The normalized spacial score (nSPS) is 12.9. The van der Waals surface area contributed by atoms with Gasteiger partial charge < -0.3 is 20.2 Å². The molecule has 0 aliphatic rings. The van der Waals surface area contributed by atoms with Crippen LogP contribution in [0.2, 0.25) is 0 Å². The fourth-order valence-corrected chi connectivity index (χ4v) is 2.62. The van der Waals surface area contributed by atoms with Gasteiger partial charge in [0, 0.05) is 24.1 Å². The highest BCUT2D eigenvalue weighted by atomic mass is 35.5. The molecule has 0 fully saturated rings. The minimum absolute atomic E-state index is 0. The molecule has 0 spiro atoms. The summed E-state index contributed by atoms with van der Waals surface area (Å²) in [4.78, 5) is 16.7. The Morgan fingerprint density at radius 3 is 2.85 bits per heavy atom. The molecule has 3 N–H and O–H groups in total. The molecule has 3 aromatic rings. The van der Waals surface area contributed by atoms with Gasteiger partial charge >= 0.3 is 0 Å². The Balaban J connectivity index is 0.00000261. The summed E-state index contributed by atoms with van der Waals surface area (Å²) in [6, 6.07) is 12.6. The Bertz CT molecular complexity index is 863. The lowest BCUT2D eigenvalue weighted by atomic mass is 9.99. The number of rotatable bonds is 7. The van der Waals surface area contributed by atoms with E-state index in [1.165, 1.54) is 0 Å². The Morgan fingerprint density at radius 1 is 1.30 bits per heavy atom. The number of ether oxygens (including phenoxy) is 1. The molecule has 6 nitrogen and oxygen atoms in total. The zero-order chi connectivity index (χ0) is 18.5. The molecule has 2 atom stereocenters. The Kier molecular flexibility index (Phi) is 7.21. The number of nitrogens with one attached hydrogen (secondary N) is 1. The van der Waals surface area contributed by atoms with Crippen LogP contribution in [0.1, 0.15) is 26.0 Å². The van der Waals surface area contributed by atoms with Gasteiger partial charge in [-0.2, -0.15) is 0 Å². The van der Waals surface area contributed by atoms with Crippen LogP contribution in [-0.4, -0.2) is 21.3 Å². The second-order valence-electron chi connectivity index (χ2n) is 6.42. The van der Waals surface area contributed by atoms with E-state index in [4.69, 9.17) is 10.5 Å². The van der Waals surface area contributed by atoms with E-state index in [9.17, 15) is 4.79 Å². The number of benzene rings is 1. The lowest BCUT2D eigenvalue weighted by molar-refractivity contribution is -0.118. The number of nitrogens with zero attached hydrogens (tertiary/aromatic N) is 2. The zero-order valence-corrected chi connectivity index (χ0v) is 16.3. The van der Waals surface area contributed by atoms with E-state index < -0.39 is 6.04 Å². The van der Waals surface area contributed by atoms with Crippen LogP contribution in [-0.2, 0) is 11.4 Å². The fourth-order valence-electron chi connectivity index (χ4n) is 2.62. The van der Waals surface area contributed by atoms with Gasteiger partial charge in [-0.1, -0.05) is 32.4 Å². The van der Waals surface area contributed by atoms with Crippen molar-refractivity contribution in [2.45, 2.75) is 32.9 Å². The van der Waals surface area contributed by atoms with Gasteiger partial charge in [0.1, 0.15) is 18.0 Å². The summed E-state index contributed by atoms with van der Waals surface area (Å²) in [5.41, 5.74) is 8.36. The first-order valence-corrected chi connectivity index (χ1v) is 8.78. The number of hydrogen-bond acceptors (Lipinski definition) is 4. The van der Waals surface area contributed by atoms with Crippen molar-refractivity contribution in [3.63, 3.8) is 0 Å². The summed E-state index contributed by atoms with van der Waals surface area (Å²) in [6.07, 6.45) is 4.74. The molecule has 0 saturated carbocycles. The van der Waals surface area contributed by atoms with E-state index in [0.29, 0.717) is 18.0 Å². The number of amides is 1. The van der Waals surface area contributed by atoms with Gasteiger partial charge in [0.15, 0.2) is 0 Å². The maximum atomic E-state index is 12.2. The molecule has 0 bridgehead atoms. The number of carbonyl (C=O) groups excluding carboxylic acids is 1. The minimum Gasteiger partial charge on any atom is -0.487 e. The van der Waals surface area contributed by atoms with E-state index in [1.54, 1.807) is 6.07 Å². The van der Waals surface area contributed by atoms with Crippen LogP contribution in [0, 0.1) is 5.92 Å². The number of fused-ring (bicyclic) bond motifs is 1. The Labute approximate surface area is 165 Å². The first-order chi connectivity index (χ1) is 12.6. The third-order valence-corrected chi connectivity index (χ3v) is 4.46. The SMILES string of the molecule is CCC(C)C(N)C(=O)Nc1cccc(OCc2cn3ccccc3n2)c1.Cl. The van der Waals surface area contributed by atoms with Crippen LogP contribution in [0.5, 0.6) is 5.75 Å². The summed E-state index contributed by atoms with van der Waals surface area (Å²) >= 11 is 0. The van der Waals surface area contributed by atoms with Crippen LogP contribution >= 0.6 is 12.4 Å². The molecule has 0 aliphatic carbocycles. The number of pyridine rings is 1. The van der Waals surface area contributed by atoms with Crippen molar-refractivity contribution < 1.29 is 9.53 Å². The van der Waals surface area contributed by atoms with Gasteiger partial charge in [0.2, 0.25) is 5.91 Å². The van der Waals surface area contributed by atoms with E-state index in [1.807, 2.05) is 67.0 Å². The molecule has 27 heavy (non-hydrogen) atoms. The van der Waals surface area contributed by atoms with Crippen LogP contribution in [0.15, 0.2) is 54.9 Å². The van der Waals surface area contributed by atoms with Gasteiger partial charge in [-0.15, -0.1) is 12.4 Å². The largest absolute Gasteiger partial charge is 0.487 e. The first-order valence-electron chi connectivity index (χ1n) is 8.78. The molecule has 0 radical (unpaired) electrons. The predicted octanol–water partition coefficient (Wildman–Crippen LogP) is 3.65.